The summed E-state index contributed by atoms with van der Waals surface area (Å²) in [7, 11) is 0. The molecule has 5 heavy (non-hydrogen) atoms. The van der Waals surface area contributed by atoms with Crippen LogP contribution in [0.4, 0.5) is 0 Å². The Bertz CT molecular complexity index is 20.9. The Labute approximate surface area is 55.9 Å². The highest BCUT2D eigenvalue weighted by Crippen LogP contribution is 1.56. The highest BCUT2D eigenvalue weighted by atomic mass is 27.2. The monoisotopic (exact) mass is 114 g/mol. The van der Waals surface area contributed by atoms with E-state index in [4.69, 9.17) is 0 Å². The Morgan fingerprint density at radius 3 is 2.20 bits per heavy atom. The van der Waals surface area contributed by atoms with Gasteiger partial charge in [0.15, 0.2) is 0 Å². The molecule has 0 aromatic heterocycles. The third-order valence-corrected chi connectivity index (χ3v) is 4.86. The van der Waals surface area contributed by atoms with Gasteiger partial charge >= 0.3 is 0 Å². The fourth-order valence-electron chi connectivity index (χ4n) is 0. The molecule has 0 heterocycles. The van der Waals surface area contributed by atoms with Gasteiger partial charge < -0.3 is 1.85 Å². The molecule has 0 rings (SSSR count). The van der Waals surface area contributed by atoms with E-state index in [-0.39, 0.29) is 15.4 Å². The summed E-state index contributed by atoms with van der Waals surface area (Å²) in [4.78, 5) is 0. The van der Waals surface area contributed by atoms with E-state index in [1.54, 1.807) is 0 Å². The molecule has 1 nitrogen and oxygen atoms in total. The van der Waals surface area contributed by atoms with Gasteiger partial charge in [-0.25, -0.2) is 0 Å². The standard InChI is InChI=1S/CH3.3Al.N.4H/h1H3;;;;;;;;. The fourth-order valence-corrected chi connectivity index (χ4v) is 0. The first-order valence-electron chi connectivity index (χ1n) is 1.79. The predicted octanol–water partition coefficient (Wildman–Crippen LogP) is -1.95. The van der Waals surface area contributed by atoms with Crippen molar-refractivity contribution in [3.05, 3.63) is 0 Å². The number of hydrogen-bond acceptors (Lipinski definition) is 1. The molecule has 25 valence electrons. The van der Waals surface area contributed by atoms with E-state index < -0.39 is 0 Å². The fraction of sp³-hybridized carbons (Fsp3) is 1.00. The van der Waals surface area contributed by atoms with Crippen molar-refractivity contribution in [2.45, 2.75) is 5.79 Å². The van der Waals surface area contributed by atoms with Crippen molar-refractivity contribution in [2.24, 2.45) is 0 Å². The molecule has 1 radical (unpaired) electrons. The zero-order chi connectivity index (χ0) is 4.28. The van der Waals surface area contributed by atoms with Gasteiger partial charge in [0.2, 0.25) is 16.5 Å². The van der Waals surface area contributed by atoms with Gasteiger partial charge in [-0.1, -0.05) is 5.79 Å². The molecule has 0 aliphatic carbocycles. The Kier molecular flexibility index (Phi) is 4.90. The van der Waals surface area contributed by atoms with Gasteiger partial charge in [0.25, 0.3) is 32.0 Å². The lowest BCUT2D eigenvalue weighted by atomic mass is 11.9. The molecule has 4 heteroatoms. The summed E-state index contributed by atoms with van der Waals surface area (Å²) in [6.07, 6.45) is 0. The van der Waals surface area contributed by atoms with E-state index >= 15 is 0 Å². The highest BCUT2D eigenvalue weighted by molar-refractivity contribution is 6.51. The third-order valence-electron chi connectivity index (χ3n) is 0.540. The average Bonchev–Trinajstić information content (AvgIpc) is 1.38. The van der Waals surface area contributed by atoms with Crippen LogP contribution in [0.2, 0.25) is 5.79 Å². The van der Waals surface area contributed by atoms with Crippen molar-refractivity contribution in [2.75, 3.05) is 0 Å². The van der Waals surface area contributed by atoms with E-state index in [0.29, 0.717) is 0 Å². The molecule has 0 aliphatic heterocycles. The molecular weight excluding hydrogens is 107 g/mol. The first kappa shape index (κ1) is 6.56. The molecule has 0 N–H and O–H groups in total. The smallest absolute Gasteiger partial charge is 0.298 e. The normalized spacial score (nSPS) is 8.40. The minimum absolute atomic E-state index is 0.256. The van der Waals surface area contributed by atoms with Crippen molar-refractivity contribution in [1.82, 2.24) is 1.85 Å². The van der Waals surface area contributed by atoms with Crippen LogP contribution in [-0.2, 0) is 0 Å². The number of nitrogens with zero attached hydrogens (tertiary/aromatic N) is 1. The van der Waals surface area contributed by atoms with E-state index in [9.17, 15) is 0 Å². The van der Waals surface area contributed by atoms with Crippen LogP contribution in [0.1, 0.15) is 0 Å². The Hall–Kier alpha value is 1.56. The van der Waals surface area contributed by atoms with E-state index in [0.717, 1.165) is 0 Å². The summed E-state index contributed by atoms with van der Waals surface area (Å²) in [5, 5.41) is 0. The quantitative estimate of drug-likeness (QED) is 0.358. The molecule has 0 spiro atoms. The van der Waals surface area contributed by atoms with Gasteiger partial charge in [-0.2, -0.15) is 0 Å². The largest absolute Gasteiger partial charge is 0.577 e. The first-order chi connectivity index (χ1) is 2.27. The second-order valence-electron chi connectivity index (χ2n) is 1.17. The lowest BCUT2D eigenvalue weighted by Crippen LogP contribution is -2.17. The SMILES string of the molecule is [CH3][AlH][N]([AlH])[AlH2]. The summed E-state index contributed by atoms with van der Waals surface area (Å²) in [5.41, 5.74) is 0. The summed E-state index contributed by atoms with van der Waals surface area (Å²) >= 11 is 3.54. The molecule has 0 unspecified atom stereocenters. The van der Waals surface area contributed by atoms with Crippen LogP contribution >= 0.6 is 0 Å². The zero-order valence-electron chi connectivity index (χ0n) is 3.86. The second kappa shape index (κ2) is 3.74. The van der Waals surface area contributed by atoms with Crippen molar-refractivity contribution in [3.8, 4) is 0 Å². The molecular formula is CH7Al3N. The van der Waals surface area contributed by atoms with Crippen LogP contribution in [0.3, 0.4) is 0 Å². The highest BCUT2D eigenvalue weighted by Gasteiger charge is 1.79. The van der Waals surface area contributed by atoms with Crippen LogP contribution in [0.5, 0.6) is 0 Å². The van der Waals surface area contributed by atoms with Crippen LogP contribution in [0.25, 0.3) is 0 Å². The molecule has 0 bridgehead atoms. The van der Waals surface area contributed by atoms with Crippen LogP contribution in [0.15, 0.2) is 0 Å². The summed E-state index contributed by atoms with van der Waals surface area (Å²) in [6.45, 7) is 0. The van der Waals surface area contributed by atoms with Crippen molar-refractivity contribution in [1.29, 1.82) is 0 Å². The molecule has 0 aliphatic rings. The van der Waals surface area contributed by atoms with E-state index in [1.165, 1.54) is 16.5 Å². The van der Waals surface area contributed by atoms with Crippen molar-refractivity contribution >= 4 is 48.5 Å². The maximum absolute atomic E-state index is 2.43. The molecule has 0 aromatic carbocycles. The first-order valence-corrected chi connectivity index (χ1v) is 5.36. The van der Waals surface area contributed by atoms with Gasteiger partial charge in [0, 0.05) is 0 Å². The molecule has 0 saturated carbocycles. The minimum Gasteiger partial charge on any atom is -0.577 e. The number of rotatable bonds is 1. The van der Waals surface area contributed by atoms with E-state index in [1.807, 2.05) is 16.5 Å². The Balaban J connectivity index is 2.54. The van der Waals surface area contributed by atoms with Gasteiger partial charge in [-0.15, -0.1) is 0 Å². The number of hydrogen-bond donors (Lipinski definition) is 0. The minimum atomic E-state index is 0.256. The molecule has 0 aromatic rings. The topological polar surface area (TPSA) is 3.24 Å². The summed E-state index contributed by atoms with van der Waals surface area (Å²) in [5.74, 6) is 2.31. The summed E-state index contributed by atoms with van der Waals surface area (Å²) < 4.78 is 2.43. The molecule has 0 saturated heterocycles. The predicted molar refractivity (Wildman–Crippen MR) is 30.5 cm³/mol. The summed E-state index contributed by atoms with van der Waals surface area (Å²) in [6, 6.07) is 0. The van der Waals surface area contributed by atoms with Gasteiger partial charge in [-0.05, 0) is 0 Å². The van der Waals surface area contributed by atoms with Crippen molar-refractivity contribution in [3.63, 3.8) is 0 Å². The average molecular weight is 114 g/mol. The van der Waals surface area contributed by atoms with Gasteiger partial charge in [-0.3, -0.25) is 0 Å². The Morgan fingerprint density at radius 2 is 2.20 bits per heavy atom. The molecule has 0 fully saturated rings. The zero-order valence-corrected chi connectivity index (χ0v) is 8.69. The van der Waals surface area contributed by atoms with Crippen LogP contribution in [-0.4, -0.2) is 50.3 Å². The second-order valence-corrected chi connectivity index (χ2v) is 8.65. The maximum Gasteiger partial charge on any atom is 0.298 e. The van der Waals surface area contributed by atoms with Crippen LogP contribution in [0, 0.1) is 0 Å². The van der Waals surface area contributed by atoms with E-state index in [2.05, 4.69) is 7.64 Å². The van der Waals surface area contributed by atoms with Gasteiger partial charge in [0.05, 0.1) is 0 Å². The molecule has 0 atom stereocenters. The molecule has 0 amide bonds. The Morgan fingerprint density at radius 1 is 2.00 bits per heavy atom. The maximum atomic E-state index is 2.43. The third kappa shape index (κ3) is 5.56. The van der Waals surface area contributed by atoms with Crippen LogP contribution < -0.4 is 0 Å². The lowest BCUT2D eigenvalue weighted by molar-refractivity contribution is 1.15. The lowest BCUT2D eigenvalue weighted by Gasteiger charge is -2.01. The van der Waals surface area contributed by atoms with Crippen molar-refractivity contribution < 1.29 is 0 Å². The van der Waals surface area contributed by atoms with Gasteiger partial charge in [0.1, 0.15) is 0 Å².